The summed E-state index contributed by atoms with van der Waals surface area (Å²) in [6.45, 7) is 1.86. The number of benzene rings is 2. The van der Waals surface area contributed by atoms with E-state index in [0.717, 1.165) is 17.7 Å². The van der Waals surface area contributed by atoms with Gasteiger partial charge in [0.1, 0.15) is 5.82 Å². The zero-order valence-electron chi connectivity index (χ0n) is 11.5. The van der Waals surface area contributed by atoms with Crippen LogP contribution in [0.25, 0.3) is 0 Å². The van der Waals surface area contributed by atoms with Crippen molar-refractivity contribution in [3.63, 3.8) is 0 Å². The fourth-order valence-electron chi connectivity index (χ4n) is 1.74. The van der Waals surface area contributed by atoms with Crippen LogP contribution in [0.5, 0.6) is 5.75 Å². The minimum absolute atomic E-state index is 0.154. The van der Waals surface area contributed by atoms with E-state index >= 15 is 0 Å². The lowest BCUT2D eigenvalue weighted by Gasteiger charge is -2.15. The number of carbonyl (C=O) groups is 1. The van der Waals surface area contributed by atoms with E-state index in [0.29, 0.717) is 12.6 Å². The Labute approximate surface area is 121 Å². The van der Waals surface area contributed by atoms with Gasteiger partial charge in [-0.1, -0.05) is 30.3 Å². The van der Waals surface area contributed by atoms with Crippen LogP contribution in [0.4, 0.5) is 8.78 Å². The Morgan fingerprint density at radius 3 is 2.57 bits per heavy atom. The first-order valence-electron chi connectivity index (χ1n) is 6.49. The van der Waals surface area contributed by atoms with Gasteiger partial charge in [0.25, 0.3) is 5.91 Å². The lowest BCUT2D eigenvalue weighted by molar-refractivity contribution is -0.127. The minimum Gasteiger partial charge on any atom is -0.478 e. The predicted molar refractivity (Wildman–Crippen MR) is 74.7 cm³/mol. The number of halogens is 2. The molecule has 0 aliphatic rings. The molecule has 0 saturated carbocycles. The SMILES string of the molecule is CC(Oc1ccc(F)cc1F)C(=O)NCc1ccccc1. The monoisotopic (exact) mass is 291 g/mol. The number of hydrogen-bond donors (Lipinski definition) is 1. The fraction of sp³-hybridized carbons (Fsp3) is 0.188. The zero-order chi connectivity index (χ0) is 15.2. The van der Waals surface area contributed by atoms with Crippen molar-refractivity contribution in [2.45, 2.75) is 19.6 Å². The van der Waals surface area contributed by atoms with Gasteiger partial charge < -0.3 is 10.1 Å². The number of hydrogen-bond acceptors (Lipinski definition) is 2. The molecular weight excluding hydrogens is 276 g/mol. The van der Waals surface area contributed by atoms with E-state index in [2.05, 4.69) is 5.32 Å². The largest absolute Gasteiger partial charge is 0.478 e. The van der Waals surface area contributed by atoms with E-state index in [1.54, 1.807) is 0 Å². The zero-order valence-corrected chi connectivity index (χ0v) is 11.5. The van der Waals surface area contributed by atoms with Crippen molar-refractivity contribution in [3.8, 4) is 5.75 Å². The third-order valence-corrected chi connectivity index (χ3v) is 2.88. The molecule has 5 heteroatoms. The molecule has 0 saturated heterocycles. The summed E-state index contributed by atoms with van der Waals surface area (Å²) in [4.78, 5) is 11.9. The van der Waals surface area contributed by atoms with Gasteiger partial charge in [-0.2, -0.15) is 0 Å². The lowest BCUT2D eigenvalue weighted by Crippen LogP contribution is -2.36. The number of ether oxygens (including phenoxy) is 1. The van der Waals surface area contributed by atoms with Crippen LogP contribution in [0.3, 0.4) is 0 Å². The van der Waals surface area contributed by atoms with E-state index in [1.807, 2.05) is 30.3 Å². The molecule has 0 aliphatic heterocycles. The topological polar surface area (TPSA) is 38.3 Å². The second kappa shape index (κ2) is 6.83. The minimum atomic E-state index is -0.881. The summed E-state index contributed by atoms with van der Waals surface area (Å²) in [7, 11) is 0. The van der Waals surface area contributed by atoms with Gasteiger partial charge in [0.2, 0.25) is 0 Å². The normalized spacial score (nSPS) is 11.8. The number of rotatable bonds is 5. The summed E-state index contributed by atoms with van der Waals surface area (Å²) in [5, 5.41) is 2.69. The van der Waals surface area contributed by atoms with Gasteiger partial charge in [-0.25, -0.2) is 8.78 Å². The second-order valence-corrected chi connectivity index (χ2v) is 4.54. The molecule has 2 rings (SSSR count). The Kier molecular flexibility index (Phi) is 4.87. The van der Waals surface area contributed by atoms with Crippen molar-refractivity contribution in [2.24, 2.45) is 0 Å². The molecule has 0 heterocycles. The molecule has 0 fully saturated rings. The van der Waals surface area contributed by atoms with Gasteiger partial charge >= 0.3 is 0 Å². The Hall–Kier alpha value is -2.43. The van der Waals surface area contributed by atoms with Crippen LogP contribution in [0.15, 0.2) is 48.5 Å². The summed E-state index contributed by atoms with van der Waals surface area (Å²) in [6, 6.07) is 12.3. The maximum atomic E-state index is 13.4. The van der Waals surface area contributed by atoms with Gasteiger partial charge in [0, 0.05) is 12.6 Å². The standard InChI is InChI=1S/C16H15F2NO2/c1-11(21-15-8-7-13(17)9-14(15)18)16(20)19-10-12-5-3-2-4-6-12/h2-9,11H,10H2,1H3,(H,19,20). The summed E-state index contributed by atoms with van der Waals surface area (Å²) in [5.74, 6) is -2.06. The van der Waals surface area contributed by atoms with Gasteiger partial charge in [-0.15, -0.1) is 0 Å². The van der Waals surface area contributed by atoms with Crippen molar-refractivity contribution < 1.29 is 18.3 Å². The lowest BCUT2D eigenvalue weighted by atomic mass is 10.2. The molecule has 2 aromatic rings. The first kappa shape index (κ1) is 15.0. The van der Waals surface area contributed by atoms with Crippen molar-refractivity contribution >= 4 is 5.91 Å². The molecule has 3 nitrogen and oxygen atoms in total. The van der Waals surface area contributed by atoms with Gasteiger partial charge in [-0.05, 0) is 24.6 Å². The van der Waals surface area contributed by atoms with Crippen molar-refractivity contribution in [3.05, 3.63) is 65.7 Å². The van der Waals surface area contributed by atoms with Gasteiger partial charge in [-0.3, -0.25) is 4.79 Å². The molecule has 0 spiro atoms. The van der Waals surface area contributed by atoms with Crippen LogP contribution in [0.2, 0.25) is 0 Å². The maximum absolute atomic E-state index is 13.4. The molecule has 0 bridgehead atoms. The summed E-state index contributed by atoms with van der Waals surface area (Å²) < 4.78 is 31.4. The Bertz CT molecular complexity index is 617. The molecule has 21 heavy (non-hydrogen) atoms. The van der Waals surface area contributed by atoms with Crippen LogP contribution in [0, 0.1) is 11.6 Å². The molecule has 0 aliphatic carbocycles. The van der Waals surface area contributed by atoms with E-state index in [1.165, 1.54) is 6.92 Å². The molecule has 0 radical (unpaired) electrons. The van der Waals surface area contributed by atoms with Crippen molar-refractivity contribution in [1.29, 1.82) is 0 Å². The third kappa shape index (κ3) is 4.27. The third-order valence-electron chi connectivity index (χ3n) is 2.88. The van der Waals surface area contributed by atoms with Crippen molar-refractivity contribution in [2.75, 3.05) is 0 Å². The van der Waals surface area contributed by atoms with E-state index in [-0.39, 0.29) is 11.7 Å². The molecule has 0 aromatic heterocycles. The van der Waals surface area contributed by atoms with Crippen LogP contribution >= 0.6 is 0 Å². The van der Waals surface area contributed by atoms with E-state index in [4.69, 9.17) is 4.74 Å². The number of nitrogens with one attached hydrogen (secondary N) is 1. The summed E-state index contributed by atoms with van der Waals surface area (Å²) in [5.41, 5.74) is 0.950. The first-order valence-corrected chi connectivity index (χ1v) is 6.49. The van der Waals surface area contributed by atoms with Crippen LogP contribution in [-0.4, -0.2) is 12.0 Å². The maximum Gasteiger partial charge on any atom is 0.261 e. The molecular formula is C16H15F2NO2. The smallest absolute Gasteiger partial charge is 0.261 e. The molecule has 1 amide bonds. The highest BCUT2D eigenvalue weighted by molar-refractivity contribution is 5.80. The molecule has 2 aromatic carbocycles. The molecule has 1 atom stereocenters. The molecule has 1 unspecified atom stereocenters. The highest BCUT2D eigenvalue weighted by Crippen LogP contribution is 2.19. The second-order valence-electron chi connectivity index (χ2n) is 4.54. The average molecular weight is 291 g/mol. The summed E-state index contributed by atoms with van der Waals surface area (Å²) >= 11 is 0. The quantitative estimate of drug-likeness (QED) is 0.919. The van der Waals surface area contributed by atoms with Gasteiger partial charge in [0.15, 0.2) is 17.7 Å². The predicted octanol–water partition coefficient (Wildman–Crippen LogP) is 3.05. The van der Waals surface area contributed by atoms with Gasteiger partial charge in [0.05, 0.1) is 0 Å². The first-order chi connectivity index (χ1) is 10.1. The van der Waals surface area contributed by atoms with Crippen LogP contribution in [0.1, 0.15) is 12.5 Å². The Balaban J connectivity index is 1.90. The highest BCUT2D eigenvalue weighted by Gasteiger charge is 2.16. The van der Waals surface area contributed by atoms with Crippen LogP contribution in [-0.2, 0) is 11.3 Å². The summed E-state index contributed by atoms with van der Waals surface area (Å²) in [6.07, 6.45) is -0.881. The number of carbonyl (C=O) groups excluding carboxylic acids is 1. The Morgan fingerprint density at radius 1 is 1.19 bits per heavy atom. The number of amides is 1. The Morgan fingerprint density at radius 2 is 1.90 bits per heavy atom. The van der Waals surface area contributed by atoms with E-state index in [9.17, 15) is 13.6 Å². The van der Waals surface area contributed by atoms with Crippen molar-refractivity contribution in [1.82, 2.24) is 5.32 Å². The fourth-order valence-corrected chi connectivity index (χ4v) is 1.74. The molecule has 1 N–H and O–H groups in total. The van der Waals surface area contributed by atoms with E-state index < -0.39 is 17.7 Å². The molecule has 110 valence electrons. The highest BCUT2D eigenvalue weighted by atomic mass is 19.1. The average Bonchev–Trinajstić information content (AvgIpc) is 2.48. The van der Waals surface area contributed by atoms with Crippen LogP contribution < -0.4 is 10.1 Å².